The zero-order chi connectivity index (χ0) is 14.7. The van der Waals surface area contributed by atoms with Crippen molar-refractivity contribution in [3.05, 3.63) is 17.6 Å². The van der Waals surface area contributed by atoms with E-state index >= 15 is 0 Å². The van der Waals surface area contributed by atoms with Crippen LogP contribution in [0, 0.1) is 13.8 Å². The number of imidazole rings is 1. The number of hydrogen-bond donors (Lipinski definition) is 2. The third-order valence-corrected chi connectivity index (χ3v) is 3.59. The van der Waals surface area contributed by atoms with Gasteiger partial charge in [-0.2, -0.15) is 0 Å². The molecule has 0 bridgehead atoms. The SMILES string of the molecule is Cc1nc(N)c2ncn(CCCCCC(N)=O)c2c1C. The molecule has 2 aromatic heterocycles. The molecule has 6 heteroatoms. The van der Waals surface area contributed by atoms with Crippen molar-refractivity contribution in [1.82, 2.24) is 14.5 Å². The molecule has 0 aliphatic rings. The Kier molecular flexibility index (Phi) is 4.22. The first-order valence-corrected chi connectivity index (χ1v) is 6.86. The lowest BCUT2D eigenvalue weighted by Gasteiger charge is -2.08. The third-order valence-electron chi connectivity index (χ3n) is 3.59. The maximum Gasteiger partial charge on any atom is 0.217 e. The number of carbonyl (C=O) groups excluding carboxylic acids is 1. The van der Waals surface area contributed by atoms with Crippen LogP contribution in [0.2, 0.25) is 0 Å². The van der Waals surface area contributed by atoms with E-state index in [9.17, 15) is 4.79 Å². The second kappa shape index (κ2) is 5.90. The Morgan fingerprint density at radius 1 is 1.30 bits per heavy atom. The van der Waals surface area contributed by atoms with Gasteiger partial charge in [0, 0.05) is 18.7 Å². The molecule has 2 rings (SSSR count). The van der Waals surface area contributed by atoms with Crippen LogP contribution in [-0.4, -0.2) is 20.4 Å². The average molecular weight is 275 g/mol. The van der Waals surface area contributed by atoms with Gasteiger partial charge in [0.2, 0.25) is 5.91 Å². The lowest BCUT2D eigenvalue weighted by atomic mass is 10.1. The molecule has 0 spiro atoms. The van der Waals surface area contributed by atoms with E-state index in [1.807, 2.05) is 20.2 Å². The maximum atomic E-state index is 10.7. The molecule has 2 aromatic rings. The van der Waals surface area contributed by atoms with Crippen molar-refractivity contribution in [1.29, 1.82) is 0 Å². The van der Waals surface area contributed by atoms with Gasteiger partial charge in [-0.1, -0.05) is 6.42 Å². The van der Waals surface area contributed by atoms with Gasteiger partial charge in [-0.25, -0.2) is 9.97 Å². The van der Waals surface area contributed by atoms with Gasteiger partial charge >= 0.3 is 0 Å². The molecule has 4 N–H and O–H groups in total. The van der Waals surface area contributed by atoms with E-state index in [1.54, 1.807) is 0 Å². The molecule has 0 fully saturated rings. The van der Waals surface area contributed by atoms with E-state index < -0.39 is 0 Å². The summed E-state index contributed by atoms with van der Waals surface area (Å²) in [5.41, 5.74) is 14.9. The lowest BCUT2D eigenvalue weighted by molar-refractivity contribution is -0.118. The molecular formula is C14H21N5O. The van der Waals surface area contributed by atoms with Gasteiger partial charge < -0.3 is 16.0 Å². The van der Waals surface area contributed by atoms with Gasteiger partial charge in [-0.15, -0.1) is 0 Å². The molecule has 0 aliphatic heterocycles. The van der Waals surface area contributed by atoms with Crippen LogP contribution in [0.1, 0.15) is 36.9 Å². The van der Waals surface area contributed by atoms with Crippen LogP contribution in [0.3, 0.4) is 0 Å². The number of aromatic nitrogens is 3. The number of aryl methyl sites for hydroxylation is 3. The Labute approximate surface area is 118 Å². The number of anilines is 1. The first kappa shape index (κ1) is 14.3. The molecule has 0 unspecified atom stereocenters. The highest BCUT2D eigenvalue weighted by Crippen LogP contribution is 2.24. The number of carbonyl (C=O) groups is 1. The van der Waals surface area contributed by atoms with Crippen LogP contribution in [0.25, 0.3) is 11.0 Å². The lowest BCUT2D eigenvalue weighted by Crippen LogP contribution is -2.09. The van der Waals surface area contributed by atoms with Crippen molar-refractivity contribution in [3.63, 3.8) is 0 Å². The summed E-state index contributed by atoms with van der Waals surface area (Å²) >= 11 is 0. The van der Waals surface area contributed by atoms with Crippen molar-refractivity contribution in [2.24, 2.45) is 5.73 Å². The monoisotopic (exact) mass is 275 g/mol. The number of unbranched alkanes of at least 4 members (excludes halogenated alkanes) is 2. The Bertz CT molecular complexity index is 632. The van der Waals surface area contributed by atoms with Crippen molar-refractivity contribution in [2.75, 3.05) is 5.73 Å². The van der Waals surface area contributed by atoms with E-state index in [1.165, 1.54) is 0 Å². The smallest absolute Gasteiger partial charge is 0.217 e. The number of nitrogens with zero attached hydrogens (tertiary/aromatic N) is 3. The van der Waals surface area contributed by atoms with Gasteiger partial charge in [0.25, 0.3) is 0 Å². The molecule has 20 heavy (non-hydrogen) atoms. The second-order valence-corrected chi connectivity index (χ2v) is 5.12. The van der Waals surface area contributed by atoms with Crippen LogP contribution in [0.4, 0.5) is 5.82 Å². The summed E-state index contributed by atoms with van der Waals surface area (Å²) in [6, 6.07) is 0. The highest BCUT2D eigenvalue weighted by atomic mass is 16.1. The fraction of sp³-hybridized carbons (Fsp3) is 0.500. The van der Waals surface area contributed by atoms with E-state index in [0.29, 0.717) is 12.2 Å². The summed E-state index contributed by atoms with van der Waals surface area (Å²) in [7, 11) is 0. The number of fused-ring (bicyclic) bond motifs is 1. The quantitative estimate of drug-likeness (QED) is 0.783. The molecule has 0 aliphatic carbocycles. The van der Waals surface area contributed by atoms with E-state index in [2.05, 4.69) is 14.5 Å². The standard InChI is InChI=1S/C14H21N5O/c1-9-10(2)18-14(16)12-13(9)19(8-17-12)7-5-3-4-6-11(15)20/h8H,3-7H2,1-2H3,(H2,15,20)(H2,16,18). The molecule has 0 atom stereocenters. The van der Waals surface area contributed by atoms with Crippen LogP contribution in [0.15, 0.2) is 6.33 Å². The minimum absolute atomic E-state index is 0.233. The summed E-state index contributed by atoms with van der Waals surface area (Å²) in [5, 5.41) is 0. The van der Waals surface area contributed by atoms with Crippen molar-refractivity contribution >= 4 is 22.8 Å². The van der Waals surface area contributed by atoms with E-state index in [-0.39, 0.29) is 5.91 Å². The van der Waals surface area contributed by atoms with Crippen molar-refractivity contribution in [3.8, 4) is 0 Å². The van der Waals surface area contributed by atoms with Gasteiger partial charge in [-0.05, 0) is 32.3 Å². The van der Waals surface area contributed by atoms with Crippen LogP contribution in [-0.2, 0) is 11.3 Å². The Hall–Kier alpha value is -2.11. The van der Waals surface area contributed by atoms with E-state index in [0.717, 1.165) is 48.1 Å². The third kappa shape index (κ3) is 2.89. The minimum atomic E-state index is -0.233. The highest BCUT2D eigenvalue weighted by molar-refractivity contribution is 5.88. The summed E-state index contributed by atoms with van der Waals surface area (Å²) < 4.78 is 2.11. The molecule has 0 saturated carbocycles. The number of pyridine rings is 1. The molecule has 0 aromatic carbocycles. The summed E-state index contributed by atoms with van der Waals surface area (Å²) in [4.78, 5) is 19.3. The number of rotatable bonds is 6. The van der Waals surface area contributed by atoms with Gasteiger partial charge in [0.15, 0.2) is 5.82 Å². The predicted octanol–water partition coefficient (Wildman–Crippen LogP) is 1.68. The number of amides is 1. The molecule has 108 valence electrons. The Morgan fingerprint density at radius 2 is 2.05 bits per heavy atom. The average Bonchev–Trinajstić information content (AvgIpc) is 2.80. The first-order valence-electron chi connectivity index (χ1n) is 6.86. The summed E-state index contributed by atoms with van der Waals surface area (Å²) in [6.07, 6.45) is 5.06. The number of nitrogens with two attached hydrogens (primary N) is 2. The number of hydrogen-bond acceptors (Lipinski definition) is 4. The topological polar surface area (TPSA) is 99.8 Å². The van der Waals surface area contributed by atoms with Crippen molar-refractivity contribution < 1.29 is 4.79 Å². The number of primary amides is 1. The Morgan fingerprint density at radius 3 is 2.75 bits per heavy atom. The fourth-order valence-electron chi connectivity index (χ4n) is 2.38. The second-order valence-electron chi connectivity index (χ2n) is 5.12. The molecule has 0 saturated heterocycles. The van der Waals surface area contributed by atoms with E-state index in [4.69, 9.17) is 11.5 Å². The van der Waals surface area contributed by atoms with Gasteiger partial charge in [-0.3, -0.25) is 4.79 Å². The fourth-order valence-corrected chi connectivity index (χ4v) is 2.38. The highest BCUT2D eigenvalue weighted by Gasteiger charge is 2.12. The summed E-state index contributed by atoms with van der Waals surface area (Å²) in [5.74, 6) is 0.249. The molecule has 6 nitrogen and oxygen atoms in total. The van der Waals surface area contributed by atoms with Crippen molar-refractivity contribution in [2.45, 2.75) is 46.1 Å². The summed E-state index contributed by atoms with van der Waals surface area (Å²) in [6.45, 7) is 4.85. The zero-order valence-electron chi connectivity index (χ0n) is 12.0. The van der Waals surface area contributed by atoms with Crippen LogP contribution < -0.4 is 11.5 Å². The Balaban J connectivity index is 2.09. The maximum absolute atomic E-state index is 10.7. The number of nitrogen functional groups attached to an aromatic ring is 1. The molecule has 2 heterocycles. The first-order chi connectivity index (χ1) is 9.50. The van der Waals surface area contributed by atoms with Gasteiger partial charge in [0.05, 0.1) is 11.8 Å². The van der Waals surface area contributed by atoms with Crippen LogP contribution >= 0.6 is 0 Å². The molecule has 1 amide bonds. The molecular weight excluding hydrogens is 254 g/mol. The zero-order valence-corrected chi connectivity index (χ0v) is 12.0. The largest absolute Gasteiger partial charge is 0.382 e. The minimum Gasteiger partial charge on any atom is -0.382 e. The normalized spacial score (nSPS) is 11.1. The van der Waals surface area contributed by atoms with Gasteiger partial charge in [0.1, 0.15) is 5.52 Å². The van der Waals surface area contributed by atoms with Crippen LogP contribution in [0.5, 0.6) is 0 Å². The molecule has 0 radical (unpaired) electrons. The predicted molar refractivity (Wildman–Crippen MR) is 79.1 cm³/mol.